The molecule has 1 atom stereocenters. The fourth-order valence-corrected chi connectivity index (χ4v) is 1.54. The largest absolute Gasteiger partial charge is 0.368 e. The van der Waals surface area contributed by atoms with Crippen LogP contribution in [-0.4, -0.2) is 11.9 Å². The van der Waals surface area contributed by atoms with Crippen LogP contribution in [0.3, 0.4) is 0 Å². The van der Waals surface area contributed by atoms with Crippen LogP contribution in [0.25, 0.3) is 0 Å². The van der Waals surface area contributed by atoms with Gasteiger partial charge in [0.1, 0.15) is 5.82 Å². The molecule has 0 saturated carbocycles. The van der Waals surface area contributed by atoms with Crippen molar-refractivity contribution in [1.82, 2.24) is 5.32 Å². The smallest absolute Gasteiger partial charge is 0.234 e. The summed E-state index contributed by atoms with van der Waals surface area (Å²) in [6, 6.07) is 4.06. The van der Waals surface area contributed by atoms with Crippen LogP contribution in [0, 0.1) is 5.82 Å². The van der Waals surface area contributed by atoms with E-state index in [0.29, 0.717) is 13.0 Å². The van der Waals surface area contributed by atoms with E-state index in [1.54, 1.807) is 6.07 Å². The highest BCUT2D eigenvalue weighted by atomic mass is 35.5. The first kappa shape index (κ1) is 12.9. The number of primary amides is 1. The number of hydrogen-bond donors (Lipinski definition) is 2. The molecule has 0 radical (unpaired) electrons. The molecule has 0 spiro atoms. The summed E-state index contributed by atoms with van der Waals surface area (Å²) in [5, 5.41) is 3.05. The van der Waals surface area contributed by atoms with Crippen LogP contribution in [0.2, 0.25) is 5.02 Å². The van der Waals surface area contributed by atoms with Crippen molar-refractivity contribution in [3.05, 3.63) is 34.6 Å². The summed E-state index contributed by atoms with van der Waals surface area (Å²) < 4.78 is 12.9. The molecule has 1 aromatic rings. The fraction of sp³-hybridized carbons (Fsp3) is 0.364. The van der Waals surface area contributed by atoms with E-state index in [-0.39, 0.29) is 11.1 Å². The third-order valence-electron chi connectivity index (χ3n) is 2.29. The Labute approximate surface area is 98.8 Å². The average molecular weight is 245 g/mol. The van der Waals surface area contributed by atoms with Crippen LogP contribution in [0.1, 0.15) is 18.9 Å². The molecule has 0 saturated heterocycles. The Morgan fingerprint density at radius 1 is 1.62 bits per heavy atom. The number of amides is 1. The molecule has 88 valence electrons. The molecular formula is C11H14ClFN2O. The van der Waals surface area contributed by atoms with E-state index in [1.165, 1.54) is 12.1 Å². The molecule has 0 aliphatic heterocycles. The van der Waals surface area contributed by atoms with Gasteiger partial charge in [-0.3, -0.25) is 4.79 Å². The molecule has 0 aliphatic carbocycles. The highest BCUT2D eigenvalue weighted by Gasteiger charge is 2.11. The normalized spacial score (nSPS) is 12.4. The van der Waals surface area contributed by atoms with Crippen molar-refractivity contribution in [2.45, 2.75) is 25.9 Å². The first-order chi connectivity index (χ1) is 7.54. The summed E-state index contributed by atoms with van der Waals surface area (Å²) in [5.41, 5.74) is 5.99. The van der Waals surface area contributed by atoms with Gasteiger partial charge < -0.3 is 11.1 Å². The van der Waals surface area contributed by atoms with Gasteiger partial charge in [-0.2, -0.15) is 0 Å². The molecule has 1 aromatic carbocycles. The quantitative estimate of drug-likeness (QED) is 0.830. The first-order valence-electron chi connectivity index (χ1n) is 5.01. The van der Waals surface area contributed by atoms with Crippen LogP contribution in [0.15, 0.2) is 18.2 Å². The number of benzene rings is 1. The number of hydrogen-bond acceptors (Lipinski definition) is 2. The molecule has 3 N–H and O–H groups in total. The Kier molecular flexibility index (Phi) is 4.71. The van der Waals surface area contributed by atoms with E-state index in [2.05, 4.69) is 5.32 Å². The third kappa shape index (κ3) is 3.47. The van der Waals surface area contributed by atoms with Crippen LogP contribution in [0.5, 0.6) is 0 Å². The maximum absolute atomic E-state index is 12.9. The first-order valence-corrected chi connectivity index (χ1v) is 5.39. The van der Waals surface area contributed by atoms with Crippen LogP contribution >= 0.6 is 11.6 Å². The zero-order chi connectivity index (χ0) is 12.1. The second kappa shape index (κ2) is 5.82. The Morgan fingerprint density at radius 2 is 2.31 bits per heavy atom. The van der Waals surface area contributed by atoms with Gasteiger partial charge in [0.05, 0.1) is 11.1 Å². The predicted octanol–water partition coefficient (Wildman–Crippen LogP) is 1.83. The van der Waals surface area contributed by atoms with Crippen molar-refractivity contribution in [2.24, 2.45) is 5.73 Å². The second-order valence-corrected chi connectivity index (χ2v) is 3.90. The van der Waals surface area contributed by atoms with Crippen molar-refractivity contribution in [1.29, 1.82) is 0 Å². The maximum Gasteiger partial charge on any atom is 0.234 e. The SMILES string of the molecule is CCC(NCc1ccc(F)c(Cl)c1)C(N)=O. The van der Waals surface area contributed by atoms with Crippen molar-refractivity contribution < 1.29 is 9.18 Å². The van der Waals surface area contributed by atoms with Crippen LogP contribution in [-0.2, 0) is 11.3 Å². The Balaban J connectivity index is 2.60. The van der Waals surface area contributed by atoms with Crippen molar-refractivity contribution >= 4 is 17.5 Å². The van der Waals surface area contributed by atoms with Gasteiger partial charge in [0.15, 0.2) is 0 Å². The molecule has 1 amide bonds. The highest BCUT2D eigenvalue weighted by molar-refractivity contribution is 6.30. The van der Waals surface area contributed by atoms with Gasteiger partial charge in [0.25, 0.3) is 0 Å². The lowest BCUT2D eigenvalue weighted by Crippen LogP contribution is -2.40. The molecule has 0 heterocycles. The van der Waals surface area contributed by atoms with Gasteiger partial charge in [-0.15, -0.1) is 0 Å². The third-order valence-corrected chi connectivity index (χ3v) is 2.58. The minimum absolute atomic E-state index is 0.0754. The molecule has 1 unspecified atom stereocenters. The molecule has 0 bridgehead atoms. The number of halogens is 2. The van der Waals surface area contributed by atoms with E-state index >= 15 is 0 Å². The van der Waals surface area contributed by atoms with E-state index in [0.717, 1.165) is 5.56 Å². The standard InChI is InChI=1S/C11H14ClFN2O/c1-2-10(11(14)16)15-6-7-3-4-9(13)8(12)5-7/h3-5,10,15H,2,6H2,1H3,(H2,14,16). The summed E-state index contributed by atoms with van der Waals surface area (Å²) in [4.78, 5) is 10.9. The van der Waals surface area contributed by atoms with Gasteiger partial charge >= 0.3 is 0 Å². The minimum atomic E-state index is -0.452. The zero-order valence-electron chi connectivity index (χ0n) is 8.97. The Bertz CT molecular complexity index is 384. The summed E-state index contributed by atoms with van der Waals surface area (Å²) in [6.07, 6.45) is 0.615. The van der Waals surface area contributed by atoms with E-state index in [4.69, 9.17) is 17.3 Å². The summed E-state index contributed by atoms with van der Waals surface area (Å²) in [5.74, 6) is -0.844. The number of rotatable bonds is 5. The Morgan fingerprint density at radius 3 is 2.81 bits per heavy atom. The molecule has 0 fully saturated rings. The predicted molar refractivity (Wildman–Crippen MR) is 61.5 cm³/mol. The molecular weight excluding hydrogens is 231 g/mol. The lowest BCUT2D eigenvalue weighted by Gasteiger charge is -2.13. The molecule has 16 heavy (non-hydrogen) atoms. The van der Waals surface area contributed by atoms with Gasteiger partial charge in [-0.25, -0.2) is 4.39 Å². The van der Waals surface area contributed by atoms with Crippen LogP contribution < -0.4 is 11.1 Å². The fourth-order valence-electron chi connectivity index (χ4n) is 1.34. The van der Waals surface area contributed by atoms with Crippen molar-refractivity contribution in [2.75, 3.05) is 0 Å². The second-order valence-electron chi connectivity index (χ2n) is 3.49. The van der Waals surface area contributed by atoms with Crippen LogP contribution in [0.4, 0.5) is 4.39 Å². The molecule has 5 heteroatoms. The number of nitrogens with one attached hydrogen (secondary N) is 1. The Hall–Kier alpha value is -1.13. The van der Waals surface area contributed by atoms with Gasteiger partial charge in [-0.05, 0) is 24.1 Å². The van der Waals surface area contributed by atoms with Gasteiger partial charge in [0, 0.05) is 6.54 Å². The highest BCUT2D eigenvalue weighted by Crippen LogP contribution is 2.15. The molecule has 1 rings (SSSR count). The van der Waals surface area contributed by atoms with Crippen molar-refractivity contribution in [3.8, 4) is 0 Å². The van der Waals surface area contributed by atoms with Gasteiger partial charge in [0.2, 0.25) is 5.91 Å². The number of nitrogens with two attached hydrogens (primary N) is 1. The van der Waals surface area contributed by atoms with E-state index in [1.807, 2.05) is 6.92 Å². The van der Waals surface area contributed by atoms with E-state index < -0.39 is 11.7 Å². The monoisotopic (exact) mass is 244 g/mol. The number of carbonyl (C=O) groups is 1. The van der Waals surface area contributed by atoms with Gasteiger partial charge in [-0.1, -0.05) is 24.6 Å². The molecule has 0 aliphatic rings. The summed E-state index contributed by atoms with van der Waals surface area (Å²) >= 11 is 5.63. The topological polar surface area (TPSA) is 55.1 Å². The average Bonchev–Trinajstić information content (AvgIpc) is 2.23. The lowest BCUT2D eigenvalue weighted by atomic mass is 10.1. The minimum Gasteiger partial charge on any atom is -0.368 e. The van der Waals surface area contributed by atoms with E-state index in [9.17, 15) is 9.18 Å². The number of carbonyl (C=O) groups excluding carboxylic acids is 1. The van der Waals surface area contributed by atoms with Crippen molar-refractivity contribution in [3.63, 3.8) is 0 Å². The zero-order valence-corrected chi connectivity index (χ0v) is 9.72. The summed E-state index contributed by atoms with van der Waals surface area (Å²) in [7, 11) is 0. The molecule has 0 aromatic heterocycles. The lowest BCUT2D eigenvalue weighted by molar-refractivity contribution is -0.120. The maximum atomic E-state index is 12.9. The summed E-state index contributed by atoms with van der Waals surface area (Å²) in [6.45, 7) is 2.29. The molecule has 3 nitrogen and oxygen atoms in total.